The summed E-state index contributed by atoms with van der Waals surface area (Å²) in [5.74, 6) is 0. The minimum atomic E-state index is -3.59. The quantitative estimate of drug-likeness (QED) is 0.876. The fraction of sp³-hybridized carbons (Fsp3) is 0.182. The third-order valence-corrected chi connectivity index (χ3v) is 5.85. The van der Waals surface area contributed by atoms with E-state index in [2.05, 4.69) is 4.98 Å². The Labute approximate surface area is 115 Å². The van der Waals surface area contributed by atoms with Crippen LogP contribution in [0.4, 0.5) is 5.69 Å². The lowest BCUT2D eigenvalue weighted by molar-refractivity contribution is 0.596. The van der Waals surface area contributed by atoms with Crippen molar-refractivity contribution >= 4 is 38.6 Å². The van der Waals surface area contributed by atoms with Gasteiger partial charge in [-0.15, -0.1) is 0 Å². The zero-order valence-corrected chi connectivity index (χ0v) is 12.2. The van der Waals surface area contributed by atoms with Gasteiger partial charge in [0.2, 0.25) is 0 Å². The van der Waals surface area contributed by atoms with Gasteiger partial charge in [0.25, 0.3) is 10.0 Å². The highest BCUT2D eigenvalue weighted by atomic mass is 35.5. The maximum Gasteiger partial charge on any atom is 0.275 e. The van der Waals surface area contributed by atoms with Gasteiger partial charge < -0.3 is 0 Å². The summed E-state index contributed by atoms with van der Waals surface area (Å²) in [5, 5.41) is 0. The van der Waals surface area contributed by atoms with Crippen molar-refractivity contribution in [2.75, 3.05) is 11.4 Å². The van der Waals surface area contributed by atoms with Crippen LogP contribution in [0.25, 0.3) is 0 Å². The maximum atomic E-state index is 12.3. The van der Waals surface area contributed by atoms with Crippen LogP contribution >= 0.6 is 22.9 Å². The molecule has 1 aromatic heterocycles. The van der Waals surface area contributed by atoms with Gasteiger partial charge in [-0.2, -0.15) is 0 Å². The summed E-state index contributed by atoms with van der Waals surface area (Å²) in [5.41, 5.74) is 1.53. The summed E-state index contributed by atoms with van der Waals surface area (Å²) in [6, 6.07) is 7.29. The highest BCUT2D eigenvalue weighted by molar-refractivity contribution is 7.94. The monoisotopic (exact) mass is 302 g/mol. The molecule has 0 saturated carbocycles. The Morgan fingerprint density at radius 2 is 2.00 bits per heavy atom. The molecule has 2 aromatic rings. The third kappa shape index (κ3) is 2.36. The number of hydrogen-bond acceptors (Lipinski definition) is 4. The smallest absolute Gasteiger partial charge is 0.268 e. The van der Waals surface area contributed by atoms with Crippen molar-refractivity contribution in [1.82, 2.24) is 4.98 Å². The number of para-hydroxylation sites is 1. The van der Waals surface area contributed by atoms with Crippen LogP contribution in [0.3, 0.4) is 0 Å². The van der Waals surface area contributed by atoms with Crippen LogP contribution < -0.4 is 4.31 Å². The second-order valence-corrected chi connectivity index (χ2v) is 7.50. The number of nitrogens with zero attached hydrogens (tertiary/aromatic N) is 2. The van der Waals surface area contributed by atoms with E-state index in [4.69, 9.17) is 11.6 Å². The van der Waals surface area contributed by atoms with Crippen molar-refractivity contribution in [3.63, 3.8) is 0 Å². The topological polar surface area (TPSA) is 50.3 Å². The van der Waals surface area contributed by atoms with Gasteiger partial charge >= 0.3 is 0 Å². The van der Waals surface area contributed by atoms with Gasteiger partial charge in [0.05, 0.1) is 11.9 Å². The van der Waals surface area contributed by atoms with Crippen LogP contribution in [-0.4, -0.2) is 20.4 Å². The van der Waals surface area contributed by atoms with Gasteiger partial charge in [0.15, 0.2) is 8.68 Å². The summed E-state index contributed by atoms with van der Waals surface area (Å²) >= 11 is 6.62. The number of aromatic nitrogens is 1. The first-order valence-electron chi connectivity index (χ1n) is 5.09. The maximum absolute atomic E-state index is 12.3. The van der Waals surface area contributed by atoms with E-state index in [1.54, 1.807) is 12.1 Å². The molecular formula is C11H11ClN2O2S2. The molecule has 1 heterocycles. The molecule has 96 valence electrons. The number of benzene rings is 1. The molecule has 1 aromatic carbocycles. The van der Waals surface area contributed by atoms with E-state index in [9.17, 15) is 8.42 Å². The van der Waals surface area contributed by atoms with Gasteiger partial charge in [-0.1, -0.05) is 41.1 Å². The summed E-state index contributed by atoms with van der Waals surface area (Å²) in [6.07, 6.45) is 1.27. The Balaban J connectivity index is 2.46. The largest absolute Gasteiger partial charge is 0.275 e. The number of aryl methyl sites for hydroxylation is 1. The molecule has 0 unspecified atom stereocenters. The summed E-state index contributed by atoms with van der Waals surface area (Å²) < 4.78 is 26.3. The molecular weight excluding hydrogens is 292 g/mol. The van der Waals surface area contributed by atoms with Crippen molar-refractivity contribution in [3.05, 3.63) is 40.5 Å². The first-order chi connectivity index (χ1) is 8.43. The minimum Gasteiger partial charge on any atom is -0.268 e. The summed E-state index contributed by atoms with van der Waals surface area (Å²) in [6.45, 7) is 1.86. The molecule has 0 amide bonds. The zero-order valence-electron chi connectivity index (χ0n) is 9.79. The van der Waals surface area contributed by atoms with Crippen LogP contribution in [0.15, 0.2) is 34.7 Å². The molecule has 18 heavy (non-hydrogen) atoms. The van der Waals surface area contributed by atoms with E-state index in [0.717, 1.165) is 16.9 Å². The minimum absolute atomic E-state index is 0.137. The Hall–Kier alpha value is -1.11. The Morgan fingerprint density at radius 1 is 1.33 bits per heavy atom. The fourth-order valence-electron chi connectivity index (χ4n) is 1.54. The van der Waals surface area contributed by atoms with Gasteiger partial charge in [-0.3, -0.25) is 4.31 Å². The molecule has 0 saturated heterocycles. The summed E-state index contributed by atoms with van der Waals surface area (Å²) in [7, 11) is -2.07. The van der Waals surface area contributed by atoms with Gasteiger partial charge in [-0.25, -0.2) is 13.4 Å². The molecule has 0 aliphatic heterocycles. The average Bonchev–Trinajstić information content (AvgIpc) is 2.76. The molecule has 4 nitrogen and oxygen atoms in total. The SMILES string of the molecule is Cc1ccccc1N(C)S(=O)(=O)c1cnc(Cl)s1. The number of anilines is 1. The van der Waals surface area contributed by atoms with Crippen molar-refractivity contribution in [1.29, 1.82) is 0 Å². The second kappa shape index (κ2) is 4.87. The van der Waals surface area contributed by atoms with Gasteiger partial charge in [-0.05, 0) is 18.6 Å². The molecule has 0 aliphatic carbocycles. The number of rotatable bonds is 3. The molecule has 7 heteroatoms. The van der Waals surface area contributed by atoms with Crippen LogP contribution in [0.5, 0.6) is 0 Å². The van der Waals surface area contributed by atoms with Crippen molar-refractivity contribution in [2.24, 2.45) is 0 Å². The van der Waals surface area contributed by atoms with Crippen molar-refractivity contribution < 1.29 is 8.42 Å². The third-order valence-electron chi connectivity index (χ3n) is 2.53. The molecule has 0 spiro atoms. The highest BCUT2D eigenvalue weighted by Crippen LogP contribution is 2.29. The average molecular weight is 303 g/mol. The van der Waals surface area contributed by atoms with Crippen LogP contribution in [-0.2, 0) is 10.0 Å². The first kappa shape index (κ1) is 13.3. The molecule has 0 N–H and O–H groups in total. The van der Waals surface area contributed by atoms with E-state index >= 15 is 0 Å². The van der Waals surface area contributed by atoms with Crippen molar-refractivity contribution in [2.45, 2.75) is 11.1 Å². The van der Waals surface area contributed by atoms with Crippen LogP contribution in [0.2, 0.25) is 4.47 Å². The van der Waals surface area contributed by atoms with Crippen LogP contribution in [0.1, 0.15) is 5.56 Å². The van der Waals surface area contributed by atoms with Gasteiger partial charge in [0.1, 0.15) is 0 Å². The zero-order chi connectivity index (χ0) is 13.3. The number of hydrogen-bond donors (Lipinski definition) is 0. The molecule has 0 radical (unpaired) electrons. The first-order valence-corrected chi connectivity index (χ1v) is 7.72. The highest BCUT2D eigenvalue weighted by Gasteiger charge is 2.24. The molecule has 0 aliphatic rings. The predicted octanol–water partition coefficient (Wildman–Crippen LogP) is 2.93. The Morgan fingerprint density at radius 3 is 2.56 bits per heavy atom. The Kier molecular flexibility index (Phi) is 3.61. The van der Waals surface area contributed by atoms with E-state index in [1.165, 1.54) is 17.5 Å². The van der Waals surface area contributed by atoms with Gasteiger partial charge in [0, 0.05) is 7.05 Å². The predicted molar refractivity (Wildman–Crippen MR) is 73.9 cm³/mol. The van der Waals surface area contributed by atoms with E-state index in [-0.39, 0.29) is 8.68 Å². The lowest BCUT2D eigenvalue weighted by Gasteiger charge is -2.19. The van der Waals surface area contributed by atoms with Crippen molar-refractivity contribution in [3.8, 4) is 0 Å². The molecule has 0 bridgehead atoms. The molecule has 0 atom stereocenters. The van der Waals surface area contributed by atoms with E-state index < -0.39 is 10.0 Å². The lowest BCUT2D eigenvalue weighted by Crippen LogP contribution is -2.26. The second-order valence-electron chi connectivity index (χ2n) is 3.69. The number of sulfonamides is 1. The van der Waals surface area contributed by atoms with Crippen LogP contribution in [0, 0.1) is 6.92 Å². The normalized spacial score (nSPS) is 11.5. The number of thiazole rings is 1. The summed E-state index contributed by atoms with van der Waals surface area (Å²) in [4.78, 5) is 3.76. The molecule has 2 rings (SSSR count). The Bertz CT molecular complexity index is 667. The molecule has 0 fully saturated rings. The van der Waals surface area contributed by atoms with E-state index in [0.29, 0.717) is 5.69 Å². The standard InChI is InChI=1S/C11H11ClN2O2S2/c1-8-5-3-4-6-9(8)14(2)18(15,16)10-7-13-11(12)17-10/h3-7H,1-2H3. The number of halogens is 1. The lowest BCUT2D eigenvalue weighted by atomic mass is 10.2. The fourth-order valence-corrected chi connectivity index (χ4v) is 4.26. The van der Waals surface area contributed by atoms with E-state index in [1.807, 2.05) is 19.1 Å².